The van der Waals surface area contributed by atoms with Crippen molar-refractivity contribution in [2.45, 2.75) is 119 Å². The van der Waals surface area contributed by atoms with Crippen LogP contribution in [-0.4, -0.2) is 0 Å². The fourth-order valence-corrected chi connectivity index (χ4v) is 7.33. The molecular weight excluding hydrogens is 1040 g/mol. The van der Waals surface area contributed by atoms with Crippen molar-refractivity contribution < 1.29 is 16.8 Å². The van der Waals surface area contributed by atoms with Crippen molar-refractivity contribution >= 4 is 137 Å². The van der Waals surface area contributed by atoms with E-state index < -0.39 is 0 Å². The number of rotatable bonds is 6. The quantitative estimate of drug-likeness (QED) is 0.146. The summed E-state index contributed by atoms with van der Waals surface area (Å²) in [7, 11) is 16.3. The second-order valence-electron chi connectivity index (χ2n) is 16.9. The summed E-state index contributed by atoms with van der Waals surface area (Å²) in [6, 6.07) is 51.3. The third-order valence-electron chi connectivity index (χ3n) is 9.46. The maximum Gasteiger partial charge on any atom is 0 e. The van der Waals surface area contributed by atoms with Crippen LogP contribution in [0.4, 0.5) is 0 Å². The fourth-order valence-electron chi connectivity index (χ4n) is 5.51. The molecule has 11 heteroatoms. The molecule has 0 bridgehead atoms. The molecule has 0 aliphatic rings. The second-order valence-corrected chi connectivity index (χ2v) is 20.9. The normalized spacial score (nSPS) is 9.60. The molecule has 6 aromatic rings. The minimum absolute atomic E-state index is 0. The van der Waals surface area contributed by atoms with Crippen molar-refractivity contribution in [2.24, 2.45) is 0 Å². The topological polar surface area (TPSA) is 0 Å². The fraction of sp³-hybridized carbons (Fsp3) is 0.333. The standard InChI is InChI=1S/6C9H13P.4ClH.Co/c6*1-7(2)8-4-3-5-9(10)6-8;;;;;/h6*3-7H,10H2,1-2H3;4*1H;. The van der Waals surface area contributed by atoms with Gasteiger partial charge in [-0.25, -0.2) is 0 Å². The molecule has 65 heavy (non-hydrogen) atoms. The molecule has 0 heterocycles. The Labute approximate surface area is 447 Å². The largest absolute Gasteiger partial charge is 0.147 e. The third-order valence-corrected chi connectivity index (χ3v) is 11.6. The summed E-state index contributed by atoms with van der Waals surface area (Å²) in [5.74, 6) is 3.84. The third kappa shape index (κ3) is 34.5. The van der Waals surface area contributed by atoms with Crippen molar-refractivity contribution in [1.82, 2.24) is 0 Å². The van der Waals surface area contributed by atoms with Crippen LogP contribution in [0.25, 0.3) is 0 Å². The van der Waals surface area contributed by atoms with Gasteiger partial charge in [0.2, 0.25) is 0 Å². The van der Waals surface area contributed by atoms with Gasteiger partial charge in [0.05, 0.1) is 0 Å². The van der Waals surface area contributed by atoms with E-state index in [0.717, 1.165) is 0 Å². The van der Waals surface area contributed by atoms with E-state index in [4.69, 9.17) is 0 Å². The molecule has 0 spiro atoms. The number of benzene rings is 6. The van der Waals surface area contributed by atoms with Gasteiger partial charge in [-0.05, 0) is 101 Å². The summed E-state index contributed by atoms with van der Waals surface area (Å²) in [4.78, 5) is 0. The molecule has 0 amide bonds. The van der Waals surface area contributed by atoms with Crippen LogP contribution in [0.3, 0.4) is 0 Å². The molecule has 0 nitrogen and oxygen atoms in total. The van der Waals surface area contributed by atoms with E-state index in [1.165, 1.54) is 65.2 Å². The summed E-state index contributed by atoms with van der Waals surface area (Å²) in [5, 5.41) is 7.62. The molecule has 0 aliphatic heterocycles. The summed E-state index contributed by atoms with van der Waals surface area (Å²) >= 11 is 0. The van der Waals surface area contributed by atoms with Crippen LogP contribution in [-0.2, 0) is 16.8 Å². The zero-order valence-electron chi connectivity index (χ0n) is 40.8. The zero-order valence-corrected chi connectivity index (χ0v) is 52.0. The van der Waals surface area contributed by atoms with Crippen molar-refractivity contribution in [1.29, 1.82) is 0 Å². The van der Waals surface area contributed by atoms with E-state index in [0.29, 0.717) is 35.5 Å². The van der Waals surface area contributed by atoms with Gasteiger partial charge in [0, 0.05) is 16.8 Å². The number of hydrogen-bond donors (Lipinski definition) is 0. The molecule has 6 rings (SSSR count). The van der Waals surface area contributed by atoms with Gasteiger partial charge in [-0.15, -0.1) is 105 Å². The van der Waals surface area contributed by atoms with Gasteiger partial charge in [-0.2, -0.15) is 0 Å². The molecule has 6 aromatic carbocycles. The molecule has 0 aliphatic carbocycles. The molecule has 0 N–H and O–H groups in total. The average molecular weight is 1120 g/mol. The molecule has 6 unspecified atom stereocenters. The first-order valence-corrected chi connectivity index (χ1v) is 24.8. The van der Waals surface area contributed by atoms with Crippen LogP contribution in [0, 0.1) is 0 Å². The minimum Gasteiger partial charge on any atom is -0.147 e. The maximum atomic E-state index is 2.71. The maximum absolute atomic E-state index is 2.71. The number of hydrogen-bond acceptors (Lipinski definition) is 0. The molecular formula is C54H82Cl4CoP6. The Bertz CT molecular complexity index is 1710. The van der Waals surface area contributed by atoms with Crippen LogP contribution in [0.1, 0.15) is 152 Å². The Morgan fingerprint density at radius 1 is 0.231 bits per heavy atom. The van der Waals surface area contributed by atoms with Crippen molar-refractivity contribution in [3.05, 3.63) is 179 Å². The van der Waals surface area contributed by atoms with Crippen molar-refractivity contribution in [3.8, 4) is 0 Å². The monoisotopic (exact) mass is 1120 g/mol. The Balaban J connectivity index is -0.000000218. The zero-order chi connectivity index (χ0) is 45.4. The van der Waals surface area contributed by atoms with E-state index in [1.54, 1.807) is 0 Å². The first-order chi connectivity index (χ1) is 28.2. The summed E-state index contributed by atoms with van der Waals surface area (Å²) in [5.41, 5.74) is 8.46. The van der Waals surface area contributed by atoms with Gasteiger partial charge in [0.15, 0.2) is 0 Å². The Morgan fingerprint density at radius 2 is 0.338 bits per heavy atom. The molecule has 365 valence electrons. The SMILES string of the molecule is CC(C)c1cccc(P)c1.CC(C)c1cccc(P)c1.CC(C)c1cccc(P)c1.CC(C)c1cccc(P)c1.CC(C)c1cccc(P)c1.CC(C)c1cccc(P)c1.Cl.Cl.Cl.Cl.[Co]. The predicted molar refractivity (Wildman–Crippen MR) is 328 cm³/mol. The molecule has 1 radical (unpaired) electrons. The molecule has 0 saturated heterocycles. The van der Waals surface area contributed by atoms with E-state index in [9.17, 15) is 0 Å². The van der Waals surface area contributed by atoms with Crippen LogP contribution in [0.2, 0.25) is 0 Å². The molecule has 6 atom stereocenters. The van der Waals surface area contributed by atoms with Crippen LogP contribution < -0.4 is 31.8 Å². The van der Waals surface area contributed by atoms with Gasteiger partial charge in [-0.3, -0.25) is 0 Å². The van der Waals surface area contributed by atoms with Gasteiger partial charge >= 0.3 is 0 Å². The molecule has 0 fully saturated rings. The smallest absolute Gasteiger partial charge is 0 e. The average Bonchev–Trinajstić information content (AvgIpc) is 3.19. The summed E-state index contributed by atoms with van der Waals surface area (Å²) in [6.45, 7) is 26.5. The van der Waals surface area contributed by atoms with E-state index >= 15 is 0 Å². The van der Waals surface area contributed by atoms with E-state index in [-0.39, 0.29) is 66.4 Å². The van der Waals surface area contributed by atoms with E-state index in [1.807, 2.05) is 0 Å². The summed E-state index contributed by atoms with van der Waals surface area (Å²) in [6.07, 6.45) is 0. The van der Waals surface area contributed by atoms with Gasteiger partial charge < -0.3 is 0 Å². The number of halogens is 4. The Kier molecular flexibility index (Phi) is 46.8. The minimum atomic E-state index is 0. The first kappa shape index (κ1) is 73.5. The second kappa shape index (κ2) is 41.4. The summed E-state index contributed by atoms with van der Waals surface area (Å²) < 4.78 is 0. The van der Waals surface area contributed by atoms with Crippen molar-refractivity contribution in [2.75, 3.05) is 0 Å². The Morgan fingerprint density at radius 3 is 0.400 bits per heavy atom. The Hall–Kier alpha value is -0.434. The molecule has 0 saturated carbocycles. The van der Waals surface area contributed by atoms with Gasteiger partial charge in [-0.1, -0.05) is 229 Å². The van der Waals surface area contributed by atoms with Gasteiger partial charge in [0.1, 0.15) is 0 Å². The van der Waals surface area contributed by atoms with E-state index in [2.05, 4.69) is 284 Å². The van der Waals surface area contributed by atoms with Crippen LogP contribution in [0.15, 0.2) is 146 Å². The predicted octanol–water partition coefficient (Wildman–Crippen LogP) is 15.5. The van der Waals surface area contributed by atoms with Crippen molar-refractivity contribution in [3.63, 3.8) is 0 Å². The molecule has 0 aromatic heterocycles. The first-order valence-electron chi connectivity index (χ1n) is 21.3. The van der Waals surface area contributed by atoms with Crippen LogP contribution in [0.5, 0.6) is 0 Å². The van der Waals surface area contributed by atoms with Gasteiger partial charge in [0.25, 0.3) is 0 Å². The van der Waals surface area contributed by atoms with Crippen LogP contribution >= 0.6 is 105 Å².